The molecule has 1 N–H and O–H groups in total. The van der Waals surface area contributed by atoms with Crippen molar-refractivity contribution < 1.29 is 24.1 Å². The van der Waals surface area contributed by atoms with Gasteiger partial charge in [0.25, 0.3) is 0 Å². The summed E-state index contributed by atoms with van der Waals surface area (Å²) in [4.78, 5) is 11.6. The summed E-state index contributed by atoms with van der Waals surface area (Å²) in [6, 6.07) is 14.2. The van der Waals surface area contributed by atoms with Gasteiger partial charge in [0.05, 0.1) is 43.5 Å². The van der Waals surface area contributed by atoms with Crippen molar-refractivity contribution in [2.75, 3.05) is 20.3 Å². The van der Waals surface area contributed by atoms with Crippen LogP contribution in [-0.4, -0.2) is 47.3 Å². The third-order valence-electron chi connectivity index (χ3n) is 4.65. The second-order valence-corrected chi connectivity index (χ2v) is 6.42. The number of benzene rings is 2. The van der Waals surface area contributed by atoms with Gasteiger partial charge in [0.1, 0.15) is 6.10 Å². The van der Waals surface area contributed by atoms with Gasteiger partial charge < -0.3 is 19.3 Å². The molecule has 28 heavy (non-hydrogen) atoms. The van der Waals surface area contributed by atoms with E-state index in [0.717, 1.165) is 17.7 Å². The topological polar surface area (TPSA) is 82.8 Å². The first-order valence-corrected chi connectivity index (χ1v) is 8.97. The molecule has 2 aromatic carbocycles. The first-order valence-electron chi connectivity index (χ1n) is 8.97. The summed E-state index contributed by atoms with van der Waals surface area (Å²) in [7, 11) is 1.60. The number of aromatic carboxylic acids is 1. The van der Waals surface area contributed by atoms with E-state index in [4.69, 9.17) is 14.2 Å². The fourth-order valence-electron chi connectivity index (χ4n) is 3.27. The highest BCUT2D eigenvalue weighted by Crippen LogP contribution is 2.35. The van der Waals surface area contributed by atoms with Crippen LogP contribution in [0.3, 0.4) is 0 Å². The molecule has 1 aliphatic rings. The largest absolute Gasteiger partial charge is 0.493 e. The maximum absolute atomic E-state index is 11.6. The van der Waals surface area contributed by atoms with E-state index in [0.29, 0.717) is 30.4 Å². The van der Waals surface area contributed by atoms with Crippen LogP contribution in [0.5, 0.6) is 11.5 Å². The molecule has 1 saturated heterocycles. The number of nitrogens with zero attached hydrogens (tertiary/aromatic N) is 2. The number of hydrogen-bond donors (Lipinski definition) is 1. The lowest BCUT2D eigenvalue weighted by Gasteiger charge is -2.17. The van der Waals surface area contributed by atoms with E-state index in [1.54, 1.807) is 42.3 Å². The Balaban J connectivity index is 1.75. The second kappa shape index (κ2) is 7.74. The van der Waals surface area contributed by atoms with Crippen molar-refractivity contribution >= 4 is 5.97 Å². The minimum atomic E-state index is -1.00. The Morgan fingerprint density at radius 2 is 2.07 bits per heavy atom. The van der Waals surface area contributed by atoms with Crippen LogP contribution < -0.4 is 9.47 Å². The second-order valence-electron chi connectivity index (χ2n) is 6.42. The molecular weight excluding hydrogens is 360 g/mol. The zero-order valence-electron chi connectivity index (χ0n) is 15.4. The monoisotopic (exact) mass is 380 g/mol. The summed E-state index contributed by atoms with van der Waals surface area (Å²) < 4.78 is 18.5. The van der Waals surface area contributed by atoms with Crippen LogP contribution in [0.2, 0.25) is 0 Å². The molecule has 1 fully saturated rings. The average molecular weight is 380 g/mol. The highest BCUT2D eigenvalue weighted by atomic mass is 16.6. The van der Waals surface area contributed by atoms with Crippen LogP contribution in [0.15, 0.2) is 54.7 Å². The van der Waals surface area contributed by atoms with Gasteiger partial charge in [-0.05, 0) is 36.4 Å². The summed E-state index contributed by atoms with van der Waals surface area (Å²) in [6.07, 6.45) is 2.46. The predicted octanol–water partition coefficient (Wildman–Crippen LogP) is 3.41. The van der Waals surface area contributed by atoms with Gasteiger partial charge in [0.2, 0.25) is 0 Å². The molecule has 0 saturated carbocycles. The molecular formula is C21H20N2O5. The van der Waals surface area contributed by atoms with Gasteiger partial charge in [0, 0.05) is 12.0 Å². The number of carboxylic acid groups (broad SMARTS) is 1. The van der Waals surface area contributed by atoms with Gasteiger partial charge >= 0.3 is 5.97 Å². The number of carboxylic acids is 1. The molecule has 0 unspecified atom stereocenters. The summed E-state index contributed by atoms with van der Waals surface area (Å²) in [6.45, 7) is 1.24. The molecule has 0 aliphatic carbocycles. The Morgan fingerprint density at radius 1 is 1.21 bits per heavy atom. The van der Waals surface area contributed by atoms with Crippen LogP contribution >= 0.6 is 0 Å². The summed E-state index contributed by atoms with van der Waals surface area (Å²) >= 11 is 0. The van der Waals surface area contributed by atoms with Crippen LogP contribution in [0.1, 0.15) is 16.8 Å². The smallest absolute Gasteiger partial charge is 0.337 e. The van der Waals surface area contributed by atoms with Gasteiger partial charge in [-0.15, -0.1) is 0 Å². The Morgan fingerprint density at radius 3 is 2.82 bits per heavy atom. The Kier molecular flexibility index (Phi) is 4.99. The fraction of sp³-hybridized carbons (Fsp3) is 0.238. The van der Waals surface area contributed by atoms with Crippen molar-refractivity contribution in [2.45, 2.75) is 12.5 Å². The molecule has 7 heteroatoms. The normalized spacial score (nSPS) is 16.1. The maximum Gasteiger partial charge on any atom is 0.337 e. The highest BCUT2D eigenvalue weighted by molar-refractivity contribution is 5.92. The number of aromatic nitrogens is 2. The average Bonchev–Trinajstić information content (AvgIpc) is 3.40. The summed E-state index contributed by atoms with van der Waals surface area (Å²) in [5.41, 5.74) is 2.27. The lowest BCUT2D eigenvalue weighted by Crippen LogP contribution is -2.16. The zero-order chi connectivity index (χ0) is 19.5. The standard InChI is InChI=1S/C21H20N2O5/c1-26-19-7-6-14(12-20(19)28-15-9-11-27-13-15)17-8-10-22-23(17)18-5-3-2-4-16(18)21(24)25/h2-8,10,12,15H,9,11,13H2,1H3,(H,24,25)/t15-/m1/s1. The van der Waals surface area contributed by atoms with Crippen LogP contribution in [0.4, 0.5) is 0 Å². The minimum Gasteiger partial charge on any atom is -0.493 e. The van der Waals surface area contributed by atoms with E-state index < -0.39 is 5.97 Å². The molecule has 2 heterocycles. The molecule has 0 amide bonds. The van der Waals surface area contributed by atoms with E-state index in [1.807, 2.05) is 24.3 Å². The third-order valence-corrected chi connectivity index (χ3v) is 4.65. The molecule has 0 spiro atoms. The van der Waals surface area contributed by atoms with Crippen molar-refractivity contribution in [3.8, 4) is 28.4 Å². The number of rotatable bonds is 6. The first-order chi connectivity index (χ1) is 13.7. The van der Waals surface area contributed by atoms with E-state index in [-0.39, 0.29) is 11.7 Å². The SMILES string of the molecule is COc1ccc(-c2ccnn2-c2ccccc2C(=O)O)cc1O[C@@H]1CCOC1. The van der Waals surface area contributed by atoms with Crippen molar-refractivity contribution in [2.24, 2.45) is 0 Å². The molecule has 7 nitrogen and oxygen atoms in total. The van der Waals surface area contributed by atoms with Crippen LogP contribution in [-0.2, 0) is 4.74 Å². The molecule has 144 valence electrons. The molecule has 0 bridgehead atoms. The number of para-hydroxylation sites is 1. The molecule has 3 aromatic rings. The van der Waals surface area contributed by atoms with Gasteiger partial charge in [-0.1, -0.05) is 12.1 Å². The summed E-state index contributed by atoms with van der Waals surface area (Å²) in [5.74, 6) is 0.249. The summed E-state index contributed by atoms with van der Waals surface area (Å²) in [5, 5.41) is 13.9. The molecule has 1 aromatic heterocycles. The van der Waals surface area contributed by atoms with Gasteiger partial charge in [0.15, 0.2) is 11.5 Å². The van der Waals surface area contributed by atoms with E-state index in [2.05, 4.69) is 5.10 Å². The van der Waals surface area contributed by atoms with Crippen LogP contribution in [0.25, 0.3) is 16.9 Å². The number of carbonyl (C=O) groups is 1. The number of methoxy groups -OCH3 is 1. The van der Waals surface area contributed by atoms with Crippen LogP contribution in [0, 0.1) is 0 Å². The first kappa shape index (κ1) is 18.1. The van der Waals surface area contributed by atoms with Crippen molar-refractivity contribution in [1.29, 1.82) is 0 Å². The number of hydrogen-bond acceptors (Lipinski definition) is 5. The van der Waals surface area contributed by atoms with Crippen molar-refractivity contribution in [1.82, 2.24) is 9.78 Å². The number of ether oxygens (including phenoxy) is 3. The predicted molar refractivity (Wildman–Crippen MR) is 102 cm³/mol. The fourth-order valence-corrected chi connectivity index (χ4v) is 3.27. The Bertz CT molecular complexity index is 992. The lowest BCUT2D eigenvalue weighted by atomic mass is 10.1. The van der Waals surface area contributed by atoms with Crippen molar-refractivity contribution in [3.05, 3.63) is 60.3 Å². The Labute approximate surface area is 162 Å². The van der Waals surface area contributed by atoms with Crippen molar-refractivity contribution in [3.63, 3.8) is 0 Å². The minimum absolute atomic E-state index is 0.0122. The highest BCUT2D eigenvalue weighted by Gasteiger charge is 2.21. The Hall–Kier alpha value is -3.32. The van der Waals surface area contributed by atoms with E-state index in [9.17, 15) is 9.90 Å². The molecule has 4 rings (SSSR count). The molecule has 1 atom stereocenters. The van der Waals surface area contributed by atoms with Gasteiger partial charge in [-0.25, -0.2) is 9.48 Å². The maximum atomic E-state index is 11.6. The quantitative estimate of drug-likeness (QED) is 0.706. The zero-order valence-corrected chi connectivity index (χ0v) is 15.4. The third kappa shape index (κ3) is 3.44. The van der Waals surface area contributed by atoms with E-state index >= 15 is 0 Å². The van der Waals surface area contributed by atoms with Gasteiger partial charge in [-0.2, -0.15) is 5.10 Å². The molecule has 0 radical (unpaired) electrons. The van der Waals surface area contributed by atoms with Gasteiger partial charge in [-0.3, -0.25) is 0 Å². The lowest BCUT2D eigenvalue weighted by molar-refractivity contribution is 0.0696. The molecule has 1 aliphatic heterocycles. The van der Waals surface area contributed by atoms with E-state index in [1.165, 1.54) is 0 Å².